The van der Waals surface area contributed by atoms with Gasteiger partial charge in [0.15, 0.2) is 0 Å². The van der Waals surface area contributed by atoms with Crippen LogP contribution in [-0.2, 0) is 19.1 Å². The van der Waals surface area contributed by atoms with Crippen molar-refractivity contribution in [2.45, 2.75) is 26.7 Å². The molecule has 0 aliphatic carbocycles. The molecule has 5 nitrogen and oxygen atoms in total. The molecule has 0 saturated carbocycles. The van der Waals surface area contributed by atoms with Crippen molar-refractivity contribution in [1.82, 2.24) is 5.32 Å². The van der Waals surface area contributed by atoms with Gasteiger partial charge in [0, 0.05) is 22.2 Å². The van der Waals surface area contributed by atoms with Crippen molar-refractivity contribution in [2.24, 2.45) is 0 Å². The molecule has 0 radical (unpaired) electrons. The Morgan fingerprint density at radius 3 is 2.31 bits per heavy atom. The molecule has 0 saturated heterocycles. The number of allylic oxidation sites excluding steroid dienone is 1. The van der Waals surface area contributed by atoms with Crippen molar-refractivity contribution in [3.05, 3.63) is 57.4 Å². The molecule has 1 N–H and O–H groups in total. The second kappa shape index (κ2) is 9.14. The number of halogens is 1. The first-order valence-corrected chi connectivity index (χ1v) is 9.36. The van der Waals surface area contributed by atoms with E-state index in [1.165, 1.54) is 0 Å². The number of ether oxygens (including phenoxy) is 2. The van der Waals surface area contributed by atoms with Gasteiger partial charge in [0.1, 0.15) is 0 Å². The lowest BCUT2D eigenvalue weighted by molar-refractivity contribution is -0.139. The molecule has 1 unspecified atom stereocenters. The molecule has 0 amide bonds. The molecular formula is C19H22ClNO4S. The lowest BCUT2D eigenvalue weighted by atomic mass is 9.80. The third kappa shape index (κ3) is 4.24. The summed E-state index contributed by atoms with van der Waals surface area (Å²) in [6, 6.07) is 7.07. The van der Waals surface area contributed by atoms with Gasteiger partial charge >= 0.3 is 11.9 Å². The average molecular weight is 396 g/mol. The Labute approximate surface area is 163 Å². The fourth-order valence-corrected chi connectivity index (χ4v) is 3.42. The summed E-state index contributed by atoms with van der Waals surface area (Å²) in [5, 5.41) is 3.62. The molecule has 140 valence electrons. The Balaban J connectivity index is 2.68. The molecule has 0 fully saturated rings. The summed E-state index contributed by atoms with van der Waals surface area (Å²) in [7, 11) is 0. The molecule has 0 spiro atoms. The Morgan fingerprint density at radius 1 is 1.15 bits per heavy atom. The molecule has 1 aliphatic rings. The van der Waals surface area contributed by atoms with Crippen LogP contribution in [0.4, 0.5) is 0 Å². The van der Waals surface area contributed by atoms with Gasteiger partial charge in [-0.2, -0.15) is 12.6 Å². The predicted molar refractivity (Wildman–Crippen MR) is 104 cm³/mol. The van der Waals surface area contributed by atoms with Gasteiger partial charge in [-0.25, -0.2) is 9.59 Å². The molecule has 26 heavy (non-hydrogen) atoms. The summed E-state index contributed by atoms with van der Waals surface area (Å²) in [4.78, 5) is 25.4. The second-order valence-electron chi connectivity index (χ2n) is 5.64. The molecule has 1 aromatic rings. The van der Waals surface area contributed by atoms with Crippen LogP contribution >= 0.6 is 24.2 Å². The van der Waals surface area contributed by atoms with E-state index in [2.05, 4.69) is 17.9 Å². The topological polar surface area (TPSA) is 64.6 Å². The fourth-order valence-electron chi connectivity index (χ4n) is 2.97. The number of hydrogen-bond donors (Lipinski definition) is 2. The summed E-state index contributed by atoms with van der Waals surface area (Å²) in [6.07, 6.45) is 0. The van der Waals surface area contributed by atoms with E-state index in [-0.39, 0.29) is 13.2 Å². The monoisotopic (exact) mass is 395 g/mol. The summed E-state index contributed by atoms with van der Waals surface area (Å²) < 4.78 is 10.5. The molecule has 1 atom stereocenters. The van der Waals surface area contributed by atoms with Gasteiger partial charge < -0.3 is 14.8 Å². The van der Waals surface area contributed by atoms with Gasteiger partial charge in [-0.3, -0.25) is 0 Å². The molecular weight excluding hydrogens is 374 g/mol. The molecule has 2 rings (SSSR count). The Bertz CT molecular complexity index is 773. The van der Waals surface area contributed by atoms with E-state index in [1.54, 1.807) is 39.0 Å². The van der Waals surface area contributed by atoms with Crippen LogP contribution in [0.1, 0.15) is 32.3 Å². The first kappa shape index (κ1) is 20.4. The van der Waals surface area contributed by atoms with Crippen molar-refractivity contribution >= 4 is 36.2 Å². The lowest BCUT2D eigenvalue weighted by Gasteiger charge is -2.31. The van der Waals surface area contributed by atoms with Crippen LogP contribution < -0.4 is 5.32 Å². The minimum Gasteiger partial charge on any atom is -0.463 e. The van der Waals surface area contributed by atoms with E-state index in [0.717, 1.165) is 0 Å². The molecule has 1 aromatic carbocycles. The van der Waals surface area contributed by atoms with E-state index in [0.29, 0.717) is 38.9 Å². The molecule has 1 heterocycles. The van der Waals surface area contributed by atoms with Crippen LogP contribution in [0.5, 0.6) is 0 Å². The zero-order chi connectivity index (χ0) is 19.3. The maximum atomic E-state index is 12.7. The van der Waals surface area contributed by atoms with E-state index in [4.69, 9.17) is 21.1 Å². The Morgan fingerprint density at radius 2 is 1.77 bits per heavy atom. The standard InChI is InChI=1S/C19H22ClNO4S/c1-4-24-18(22)15-11(3)21-14(10-26)17(19(23)25-5-2)16(15)12-7-6-8-13(20)9-12/h6-9,16,21,26H,4-5,10H2,1-3H3. The van der Waals surface area contributed by atoms with Crippen LogP contribution in [0, 0.1) is 0 Å². The number of thiol groups is 1. The Hall–Kier alpha value is -1.92. The molecule has 1 aliphatic heterocycles. The van der Waals surface area contributed by atoms with E-state index in [1.807, 2.05) is 6.07 Å². The van der Waals surface area contributed by atoms with E-state index < -0.39 is 17.9 Å². The molecule has 0 bridgehead atoms. The number of nitrogens with one attached hydrogen (secondary N) is 1. The van der Waals surface area contributed by atoms with Crippen molar-refractivity contribution in [3.8, 4) is 0 Å². The van der Waals surface area contributed by atoms with Crippen molar-refractivity contribution < 1.29 is 19.1 Å². The summed E-state index contributed by atoms with van der Waals surface area (Å²) in [5.74, 6) is -1.33. The summed E-state index contributed by atoms with van der Waals surface area (Å²) in [6.45, 7) is 5.70. The number of dihydropyridines is 1. The highest BCUT2D eigenvalue weighted by Crippen LogP contribution is 2.40. The maximum Gasteiger partial charge on any atom is 0.336 e. The van der Waals surface area contributed by atoms with Gasteiger partial charge in [-0.05, 0) is 38.5 Å². The first-order chi connectivity index (χ1) is 12.4. The third-order valence-corrected chi connectivity index (χ3v) is 4.53. The van der Waals surface area contributed by atoms with E-state index in [9.17, 15) is 9.59 Å². The van der Waals surface area contributed by atoms with Crippen LogP contribution in [-0.4, -0.2) is 30.9 Å². The highest BCUT2D eigenvalue weighted by Gasteiger charge is 2.38. The average Bonchev–Trinajstić information content (AvgIpc) is 2.60. The highest BCUT2D eigenvalue weighted by molar-refractivity contribution is 7.80. The van der Waals surface area contributed by atoms with Gasteiger partial charge in [0.2, 0.25) is 0 Å². The first-order valence-electron chi connectivity index (χ1n) is 8.35. The Kier molecular flexibility index (Phi) is 7.17. The normalized spacial score (nSPS) is 17.0. The predicted octanol–water partition coefficient (Wildman–Crippen LogP) is 3.61. The second-order valence-corrected chi connectivity index (χ2v) is 6.40. The van der Waals surface area contributed by atoms with Crippen molar-refractivity contribution in [3.63, 3.8) is 0 Å². The number of esters is 2. The number of carbonyl (C=O) groups is 2. The van der Waals surface area contributed by atoms with E-state index >= 15 is 0 Å². The van der Waals surface area contributed by atoms with Crippen LogP contribution in [0.2, 0.25) is 5.02 Å². The van der Waals surface area contributed by atoms with Gasteiger partial charge in [-0.15, -0.1) is 0 Å². The highest BCUT2D eigenvalue weighted by atomic mass is 35.5. The van der Waals surface area contributed by atoms with Crippen molar-refractivity contribution in [2.75, 3.05) is 19.0 Å². The fraction of sp³-hybridized carbons (Fsp3) is 0.368. The van der Waals surface area contributed by atoms with Gasteiger partial charge in [0.25, 0.3) is 0 Å². The maximum absolute atomic E-state index is 12.7. The van der Waals surface area contributed by atoms with Gasteiger partial charge in [-0.1, -0.05) is 23.7 Å². The number of rotatable bonds is 6. The minimum atomic E-state index is -0.643. The summed E-state index contributed by atoms with van der Waals surface area (Å²) in [5.41, 5.74) is 2.64. The number of benzene rings is 1. The zero-order valence-electron chi connectivity index (χ0n) is 15.0. The van der Waals surface area contributed by atoms with Crippen LogP contribution in [0.25, 0.3) is 0 Å². The zero-order valence-corrected chi connectivity index (χ0v) is 16.6. The molecule has 7 heteroatoms. The smallest absolute Gasteiger partial charge is 0.336 e. The lowest BCUT2D eigenvalue weighted by Crippen LogP contribution is -2.34. The molecule has 0 aromatic heterocycles. The number of hydrogen-bond acceptors (Lipinski definition) is 6. The summed E-state index contributed by atoms with van der Waals surface area (Å²) >= 11 is 10.5. The van der Waals surface area contributed by atoms with Gasteiger partial charge in [0.05, 0.1) is 30.3 Å². The number of carbonyl (C=O) groups excluding carboxylic acids is 2. The SMILES string of the molecule is CCOC(=O)C1=C(C)NC(CS)=C(C(=O)OCC)C1c1cccc(Cl)c1. The minimum absolute atomic E-state index is 0.224. The van der Waals surface area contributed by atoms with Crippen LogP contribution in [0.15, 0.2) is 46.8 Å². The van der Waals surface area contributed by atoms with Crippen LogP contribution in [0.3, 0.4) is 0 Å². The largest absolute Gasteiger partial charge is 0.463 e. The third-order valence-electron chi connectivity index (χ3n) is 3.98. The van der Waals surface area contributed by atoms with Crippen molar-refractivity contribution in [1.29, 1.82) is 0 Å². The quantitative estimate of drug-likeness (QED) is 0.569.